The molecule has 0 N–H and O–H groups in total. The van der Waals surface area contributed by atoms with Crippen molar-refractivity contribution in [1.29, 1.82) is 0 Å². The van der Waals surface area contributed by atoms with Crippen LogP contribution in [0.5, 0.6) is 0 Å². The van der Waals surface area contributed by atoms with Crippen LogP contribution in [0.1, 0.15) is 49.9 Å². The Bertz CT molecular complexity index is 1060. The second-order valence-corrected chi connectivity index (χ2v) is 8.12. The van der Waals surface area contributed by atoms with Crippen molar-refractivity contribution >= 4 is 16.6 Å². The number of halogens is 1. The van der Waals surface area contributed by atoms with Gasteiger partial charge in [0.05, 0.1) is 16.8 Å². The summed E-state index contributed by atoms with van der Waals surface area (Å²) < 4.78 is 14.9. The fourth-order valence-corrected chi connectivity index (χ4v) is 3.87. The van der Waals surface area contributed by atoms with E-state index in [-0.39, 0.29) is 5.82 Å². The average molecular weight is 346 g/mol. The molecule has 0 amide bonds. The van der Waals surface area contributed by atoms with Gasteiger partial charge >= 0.3 is 0 Å². The molecule has 0 fully saturated rings. The summed E-state index contributed by atoms with van der Waals surface area (Å²) in [5.41, 5.74) is 4.66. The number of benzene rings is 2. The van der Waals surface area contributed by atoms with E-state index in [1.54, 1.807) is 12.1 Å². The Balaban J connectivity index is 2.06. The molecule has 0 saturated heterocycles. The Kier molecular flexibility index (Phi) is 3.56. The van der Waals surface area contributed by atoms with Gasteiger partial charge in [-0.1, -0.05) is 44.2 Å². The van der Waals surface area contributed by atoms with Crippen molar-refractivity contribution in [3.05, 3.63) is 76.7 Å². The second kappa shape index (κ2) is 5.47. The molecule has 3 heteroatoms. The number of aliphatic imine (C=N–C) groups is 1. The zero-order chi connectivity index (χ0) is 18.7. The number of hydrogen-bond acceptors (Lipinski definition) is 2. The van der Waals surface area contributed by atoms with Crippen LogP contribution in [-0.4, -0.2) is 16.2 Å². The van der Waals surface area contributed by atoms with Crippen molar-refractivity contribution in [1.82, 2.24) is 4.98 Å². The van der Waals surface area contributed by atoms with Gasteiger partial charge in [-0.15, -0.1) is 0 Å². The summed E-state index contributed by atoms with van der Waals surface area (Å²) in [6, 6.07) is 13.4. The molecule has 0 bridgehead atoms. The summed E-state index contributed by atoms with van der Waals surface area (Å²) in [5, 5.41) is 1.10. The predicted octanol–water partition coefficient (Wildman–Crippen LogP) is 5.59. The molecule has 0 saturated carbocycles. The lowest BCUT2D eigenvalue weighted by atomic mass is 9.65. The normalized spacial score (nSPS) is 17.7. The minimum Gasteiger partial charge on any atom is -0.277 e. The van der Waals surface area contributed by atoms with Crippen molar-refractivity contribution < 1.29 is 4.39 Å². The molecule has 0 radical (unpaired) electrons. The Labute approximate surface area is 153 Å². The molecule has 132 valence electrons. The van der Waals surface area contributed by atoms with Gasteiger partial charge in [0, 0.05) is 33.7 Å². The number of aromatic nitrogens is 1. The van der Waals surface area contributed by atoms with Gasteiger partial charge in [0.1, 0.15) is 5.82 Å². The van der Waals surface area contributed by atoms with E-state index in [0.717, 1.165) is 38.9 Å². The molecule has 2 aromatic carbocycles. The van der Waals surface area contributed by atoms with Gasteiger partial charge in [-0.25, -0.2) is 4.39 Å². The number of pyridine rings is 1. The van der Waals surface area contributed by atoms with Crippen LogP contribution in [0.4, 0.5) is 4.39 Å². The Hall–Kier alpha value is -2.55. The molecule has 0 unspecified atom stereocenters. The highest BCUT2D eigenvalue weighted by Gasteiger charge is 2.45. The lowest BCUT2D eigenvalue weighted by molar-refractivity contribution is 0.293. The van der Waals surface area contributed by atoms with Crippen LogP contribution in [0.2, 0.25) is 0 Å². The highest BCUT2D eigenvalue weighted by molar-refractivity contribution is 6.17. The number of fused-ring (bicyclic) bond motifs is 2. The van der Waals surface area contributed by atoms with E-state index in [2.05, 4.69) is 45.7 Å². The zero-order valence-corrected chi connectivity index (χ0v) is 15.9. The Morgan fingerprint density at radius 2 is 1.62 bits per heavy atom. The number of para-hydroxylation sites is 1. The smallest absolute Gasteiger partial charge is 0.127 e. The lowest BCUT2D eigenvalue weighted by Gasteiger charge is -2.44. The molecule has 2 heterocycles. The first-order chi connectivity index (χ1) is 12.2. The first-order valence-corrected chi connectivity index (χ1v) is 8.98. The molecule has 2 nitrogen and oxygen atoms in total. The first kappa shape index (κ1) is 16.9. The maximum Gasteiger partial charge on any atom is 0.127 e. The summed E-state index contributed by atoms with van der Waals surface area (Å²) in [7, 11) is 0. The van der Waals surface area contributed by atoms with Crippen molar-refractivity contribution in [3.8, 4) is 0 Å². The van der Waals surface area contributed by atoms with Crippen LogP contribution in [0.25, 0.3) is 10.9 Å². The van der Waals surface area contributed by atoms with E-state index in [4.69, 9.17) is 4.99 Å². The Morgan fingerprint density at radius 1 is 0.885 bits per heavy atom. The van der Waals surface area contributed by atoms with Gasteiger partial charge in [0.2, 0.25) is 0 Å². The van der Waals surface area contributed by atoms with E-state index in [0.29, 0.717) is 0 Å². The molecule has 1 aromatic heterocycles. The molecular weight excluding hydrogens is 323 g/mol. The first-order valence-electron chi connectivity index (χ1n) is 8.98. The summed E-state index contributed by atoms with van der Waals surface area (Å²) in [6.45, 7) is 10.4. The standard InChI is InChI=1S/C23H23FN2/c1-14-15-9-6-7-12-19(15)25-13-17(14)21-16-10-8-11-18(24)20(16)22(2,3)23(4,5)26-21/h6-13H,1-5H3. The van der Waals surface area contributed by atoms with E-state index >= 15 is 0 Å². The average Bonchev–Trinajstić information content (AvgIpc) is 2.59. The third-order valence-electron chi connectivity index (χ3n) is 6.11. The molecule has 3 aromatic rings. The van der Waals surface area contributed by atoms with Crippen LogP contribution in [0.15, 0.2) is 53.7 Å². The molecule has 4 rings (SSSR count). The largest absolute Gasteiger partial charge is 0.277 e. The van der Waals surface area contributed by atoms with Gasteiger partial charge in [0.25, 0.3) is 0 Å². The molecular formula is C23H23FN2. The van der Waals surface area contributed by atoms with E-state index in [9.17, 15) is 4.39 Å². The summed E-state index contributed by atoms with van der Waals surface area (Å²) in [5.74, 6) is -0.167. The maximum absolute atomic E-state index is 14.9. The quantitative estimate of drug-likeness (QED) is 0.564. The number of hydrogen-bond donors (Lipinski definition) is 0. The van der Waals surface area contributed by atoms with Crippen LogP contribution in [0, 0.1) is 12.7 Å². The van der Waals surface area contributed by atoms with Gasteiger partial charge < -0.3 is 0 Å². The number of aryl methyl sites for hydroxylation is 1. The number of nitrogens with zero attached hydrogens (tertiary/aromatic N) is 2. The molecule has 1 aliphatic heterocycles. The van der Waals surface area contributed by atoms with Crippen LogP contribution in [0.3, 0.4) is 0 Å². The zero-order valence-electron chi connectivity index (χ0n) is 15.9. The fourth-order valence-electron chi connectivity index (χ4n) is 3.87. The van der Waals surface area contributed by atoms with E-state index in [1.807, 2.05) is 30.5 Å². The Morgan fingerprint density at radius 3 is 2.38 bits per heavy atom. The molecule has 1 aliphatic rings. The van der Waals surface area contributed by atoms with E-state index < -0.39 is 11.0 Å². The SMILES string of the molecule is Cc1c(C2=NC(C)(C)C(C)(C)c3c(F)cccc32)cnc2ccccc12. The van der Waals surface area contributed by atoms with Crippen LogP contribution >= 0.6 is 0 Å². The predicted molar refractivity (Wildman–Crippen MR) is 106 cm³/mol. The monoisotopic (exact) mass is 346 g/mol. The van der Waals surface area contributed by atoms with Crippen molar-refractivity contribution in [2.75, 3.05) is 0 Å². The van der Waals surface area contributed by atoms with Gasteiger partial charge in [-0.2, -0.15) is 0 Å². The third kappa shape index (κ3) is 2.23. The fraction of sp³-hybridized carbons (Fsp3) is 0.304. The highest BCUT2D eigenvalue weighted by Crippen LogP contribution is 2.45. The van der Waals surface area contributed by atoms with Gasteiger partial charge in [0.15, 0.2) is 0 Å². The lowest BCUT2D eigenvalue weighted by Crippen LogP contribution is -2.46. The third-order valence-corrected chi connectivity index (χ3v) is 6.11. The van der Waals surface area contributed by atoms with Crippen LogP contribution < -0.4 is 0 Å². The van der Waals surface area contributed by atoms with Crippen LogP contribution in [-0.2, 0) is 5.41 Å². The van der Waals surface area contributed by atoms with E-state index in [1.165, 1.54) is 0 Å². The molecule has 0 aliphatic carbocycles. The van der Waals surface area contributed by atoms with Gasteiger partial charge in [-0.3, -0.25) is 9.98 Å². The second-order valence-electron chi connectivity index (χ2n) is 8.12. The maximum atomic E-state index is 14.9. The topological polar surface area (TPSA) is 25.2 Å². The highest BCUT2D eigenvalue weighted by atomic mass is 19.1. The number of rotatable bonds is 1. The molecule has 26 heavy (non-hydrogen) atoms. The summed E-state index contributed by atoms with van der Waals surface area (Å²) in [6.07, 6.45) is 1.87. The van der Waals surface area contributed by atoms with Crippen molar-refractivity contribution in [2.24, 2.45) is 4.99 Å². The minimum atomic E-state index is -0.435. The van der Waals surface area contributed by atoms with Gasteiger partial charge in [-0.05, 0) is 38.5 Å². The summed E-state index contributed by atoms with van der Waals surface area (Å²) >= 11 is 0. The summed E-state index contributed by atoms with van der Waals surface area (Å²) in [4.78, 5) is 9.72. The minimum absolute atomic E-state index is 0.167. The molecule has 0 atom stereocenters. The van der Waals surface area contributed by atoms with Crippen molar-refractivity contribution in [2.45, 2.75) is 45.6 Å². The molecule has 0 spiro atoms. The van der Waals surface area contributed by atoms with Crippen molar-refractivity contribution in [3.63, 3.8) is 0 Å².